The highest BCUT2D eigenvalue weighted by atomic mass is 32.2. The number of carbonyl (C=O) groups is 2. The molecule has 1 heterocycles. The van der Waals surface area contributed by atoms with Crippen molar-refractivity contribution < 1.29 is 9.59 Å². The van der Waals surface area contributed by atoms with E-state index in [2.05, 4.69) is 20.1 Å². The predicted molar refractivity (Wildman–Crippen MR) is 113 cm³/mol. The van der Waals surface area contributed by atoms with E-state index in [0.29, 0.717) is 17.3 Å². The van der Waals surface area contributed by atoms with E-state index in [1.54, 1.807) is 24.3 Å². The van der Waals surface area contributed by atoms with Gasteiger partial charge in [-0.2, -0.15) is 0 Å². The average molecular weight is 407 g/mol. The second kappa shape index (κ2) is 8.21. The van der Waals surface area contributed by atoms with Gasteiger partial charge in [-0.3, -0.25) is 9.59 Å². The summed E-state index contributed by atoms with van der Waals surface area (Å²) in [5.41, 5.74) is 2.06. The zero-order valence-corrected chi connectivity index (χ0v) is 17.1. The summed E-state index contributed by atoms with van der Waals surface area (Å²) in [7, 11) is 0. The molecule has 148 valence electrons. The Labute approximate surface area is 173 Å². The molecule has 29 heavy (non-hydrogen) atoms. The van der Waals surface area contributed by atoms with Gasteiger partial charge >= 0.3 is 0 Å². The van der Waals surface area contributed by atoms with Crippen LogP contribution in [0.2, 0.25) is 0 Å². The quantitative estimate of drug-likeness (QED) is 0.458. The second-order valence-corrected chi connectivity index (χ2v) is 8.24. The molecule has 4 rings (SSSR count). The van der Waals surface area contributed by atoms with E-state index >= 15 is 0 Å². The normalized spacial score (nSPS) is 14.4. The number of Topliss-reactive ketones (excluding diaryl/α,β-unsaturated/α-hetero) is 1. The maximum atomic E-state index is 13.2. The summed E-state index contributed by atoms with van der Waals surface area (Å²) in [6, 6.07) is 17.1. The molecule has 0 aliphatic heterocycles. The molecule has 1 fully saturated rings. The topological polar surface area (TPSA) is 76.9 Å². The minimum absolute atomic E-state index is 0.0388. The number of benzene rings is 2. The van der Waals surface area contributed by atoms with E-state index in [1.165, 1.54) is 18.7 Å². The molecule has 1 saturated carbocycles. The largest absolute Gasteiger partial charge is 0.325 e. The Morgan fingerprint density at radius 3 is 2.55 bits per heavy atom. The number of ketones is 1. The number of hydrogen-bond acceptors (Lipinski definition) is 5. The van der Waals surface area contributed by atoms with E-state index in [1.807, 2.05) is 37.3 Å². The fourth-order valence-corrected chi connectivity index (χ4v) is 4.37. The van der Waals surface area contributed by atoms with Crippen molar-refractivity contribution in [2.24, 2.45) is 0 Å². The first-order valence-electron chi connectivity index (χ1n) is 9.58. The van der Waals surface area contributed by atoms with Crippen LogP contribution in [0.3, 0.4) is 0 Å². The first kappa shape index (κ1) is 19.4. The zero-order chi connectivity index (χ0) is 20.4. The van der Waals surface area contributed by atoms with E-state index < -0.39 is 5.25 Å². The molecule has 1 aliphatic carbocycles. The highest BCUT2D eigenvalue weighted by molar-refractivity contribution is 8.00. The summed E-state index contributed by atoms with van der Waals surface area (Å²) in [4.78, 5) is 24.9. The molecule has 0 radical (unpaired) electrons. The van der Waals surface area contributed by atoms with Crippen LogP contribution in [0.4, 0.5) is 5.69 Å². The summed E-state index contributed by atoms with van der Waals surface area (Å²) < 4.78 is 2.13. The third-order valence-corrected chi connectivity index (χ3v) is 6.06. The van der Waals surface area contributed by atoms with E-state index in [0.717, 1.165) is 29.4 Å². The van der Waals surface area contributed by atoms with E-state index in [-0.39, 0.29) is 11.7 Å². The number of hydrogen-bond donors (Lipinski definition) is 1. The van der Waals surface area contributed by atoms with Crippen molar-refractivity contribution in [3.8, 4) is 0 Å². The molecular weight excluding hydrogens is 384 g/mol. The van der Waals surface area contributed by atoms with Crippen LogP contribution in [0.1, 0.15) is 52.8 Å². The number of aromatic nitrogens is 3. The van der Waals surface area contributed by atoms with Crippen LogP contribution in [-0.2, 0) is 4.79 Å². The Morgan fingerprint density at radius 1 is 1.10 bits per heavy atom. The molecule has 1 aliphatic rings. The minimum atomic E-state index is -0.488. The summed E-state index contributed by atoms with van der Waals surface area (Å²) in [6.07, 6.45) is 2.24. The number of anilines is 1. The molecule has 3 aromatic rings. The van der Waals surface area contributed by atoms with E-state index in [9.17, 15) is 9.59 Å². The third-order valence-electron chi connectivity index (χ3n) is 4.85. The number of nitrogens with one attached hydrogen (secondary N) is 1. The Bertz CT molecular complexity index is 1040. The summed E-state index contributed by atoms with van der Waals surface area (Å²) in [6.45, 7) is 3.46. The van der Waals surface area contributed by atoms with Crippen LogP contribution in [0.5, 0.6) is 0 Å². The number of carbonyl (C=O) groups excluding carboxylic acids is 2. The van der Waals surface area contributed by atoms with Crippen molar-refractivity contribution in [2.45, 2.75) is 43.1 Å². The molecule has 0 saturated heterocycles. The monoisotopic (exact) mass is 406 g/mol. The van der Waals surface area contributed by atoms with Crippen molar-refractivity contribution in [3.63, 3.8) is 0 Å². The fraction of sp³-hybridized carbons (Fsp3) is 0.273. The minimum Gasteiger partial charge on any atom is -0.325 e. The molecule has 7 heteroatoms. The lowest BCUT2D eigenvalue weighted by molar-refractivity contribution is -0.115. The molecule has 1 unspecified atom stereocenters. The lowest BCUT2D eigenvalue weighted by Crippen LogP contribution is -2.19. The number of aryl methyl sites for hydroxylation is 1. The Morgan fingerprint density at radius 2 is 1.86 bits per heavy atom. The predicted octanol–water partition coefficient (Wildman–Crippen LogP) is 4.60. The molecule has 1 N–H and O–H groups in total. The average Bonchev–Trinajstić information content (AvgIpc) is 3.49. The Kier molecular flexibility index (Phi) is 5.49. The molecule has 1 amide bonds. The number of rotatable bonds is 7. The summed E-state index contributed by atoms with van der Waals surface area (Å²) in [5.74, 6) is 0.671. The number of thioether (sulfide) groups is 1. The Balaban J connectivity index is 1.62. The zero-order valence-electron chi connectivity index (χ0n) is 16.3. The Hall–Kier alpha value is -2.93. The van der Waals surface area contributed by atoms with Crippen molar-refractivity contribution in [2.75, 3.05) is 5.32 Å². The molecule has 1 atom stereocenters. The van der Waals surface area contributed by atoms with Crippen LogP contribution in [0, 0.1) is 6.92 Å². The first-order chi connectivity index (χ1) is 14.0. The first-order valence-corrected chi connectivity index (χ1v) is 10.5. The van der Waals surface area contributed by atoms with Gasteiger partial charge in [-0.05, 0) is 44.4 Å². The lowest BCUT2D eigenvalue weighted by Gasteiger charge is -2.17. The maximum Gasteiger partial charge on any atom is 0.242 e. The molecular formula is C22H22N4O2S. The second-order valence-electron chi connectivity index (χ2n) is 7.17. The van der Waals surface area contributed by atoms with Gasteiger partial charge in [-0.25, -0.2) is 0 Å². The highest BCUT2D eigenvalue weighted by Crippen LogP contribution is 2.42. The molecule has 1 aromatic heterocycles. The van der Waals surface area contributed by atoms with Gasteiger partial charge in [0.15, 0.2) is 10.9 Å². The molecule has 6 nitrogen and oxygen atoms in total. The third kappa shape index (κ3) is 4.40. The van der Waals surface area contributed by atoms with Crippen LogP contribution < -0.4 is 5.32 Å². The lowest BCUT2D eigenvalue weighted by atomic mass is 10.1. The summed E-state index contributed by atoms with van der Waals surface area (Å²) >= 11 is 1.41. The van der Waals surface area contributed by atoms with Crippen LogP contribution in [0.15, 0.2) is 59.8 Å². The van der Waals surface area contributed by atoms with Gasteiger partial charge < -0.3 is 9.88 Å². The van der Waals surface area contributed by atoms with Crippen molar-refractivity contribution in [1.29, 1.82) is 0 Å². The molecule has 2 aromatic carbocycles. The van der Waals surface area contributed by atoms with Gasteiger partial charge in [-0.15, -0.1) is 10.2 Å². The SMILES string of the molecule is CC(=O)c1cccc(NC(=O)C(Sc2nnc(C)n2C2CC2)c2ccccc2)c1. The van der Waals surface area contributed by atoms with Crippen molar-refractivity contribution in [1.82, 2.24) is 14.8 Å². The highest BCUT2D eigenvalue weighted by Gasteiger charge is 2.31. The van der Waals surface area contributed by atoms with Gasteiger partial charge in [0.1, 0.15) is 11.1 Å². The maximum absolute atomic E-state index is 13.2. The van der Waals surface area contributed by atoms with Gasteiger partial charge in [0.25, 0.3) is 0 Å². The summed E-state index contributed by atoms with van der Waals surface area (Å²) in [5, 5.41) is 11.8. The smallest absolute Gasteiger partial charge is 0.242 e. The van der Waals surface area contributed by atoms with Gasteiger partial charge in [0, 0.05) is 17.3 Å². The van der Waals surface area contributed by atoms with Gasteiger partial charge in [0.2, 0.25) is 5.91 Å². The number of nitrogens with zero attached hydrogens (tertiary/aromatic N) is 3. The standard InChI is InChI=1S/C22H22N4O2S/c1-14(27)17-9-6-10-18(13-17)23-21(28)20(16-7-4-3-5-8-16)29-22-25-24-15(2)26(22)19-11-12-19/h3-10,13,19-20H,11-12H2,1-2H3,(H,23,28). The molecule has 0 bridgehead atoms. The van der Waals surface area contributed by atoms with Crippen LogP contribution in [0.25, 0.3) is 0 Å². The van der Waals surface area contributed by atoms with E-state index in [4.69, 9.17) is 0 Å². The van der Waals surface area contributed by atoms with Gasteiger partial charge in [-0.1, -0.05) is 54.2 Å². The van der Waals surface area contributed by atoms with Crippen LogP contribution >= 0.6 is 11.8 Å². The van der Waals surface area contributed by atoms with Crippen molar-refractivity contribution >= 4 is 29.1 Å². The number of amides is 1. The molecule has 0 spiro atoms. The van der Waals surface area contributed by atoms with Gasteiger partial charge in [0.05, 0.1) is 0 Å². The fourth-order valence-electron chi connectivity index (χ4n) is 3.21. The van der Waals surface area contributed by atoms with Crippen LogP contribution in [-0.4, -0.2) is 26.5 Å². The van der Waals surface area contributed by atoms with Crippen molar-refractivity contribution in [3.05, 3.63) is 71.5 Å².